The van der Waals surface area contributed by atoms with Crippen molar-refractivity contribution in [3.63, 3.8) is 0 Å². The SMILES string of the molecule is O=C(O)[C@@H]1C[C@H](F)CN1C(=O)CCS. The van der Waals surface area contributed by atoms with Crippen LogP contribution in [0.4, 0.5) is 4.39 Å². The molecule has 0 aliphatic carbocycles. The number of amides is 1. The molecule has 0 unspecified atom stereocenters. The number of alkyl halides is 1. The van der Waals surface area contributed by atoms with Crippen LogP contribution in [0.5, 0.6) is 0 Å². The fraction of sp³-hybridized carbons (Fsp3) is 0.750. The average Bonchev–Trinajstić information content (AvgIpc) is 2.48. The van der Waals surface area contributed by atoms with Crippen LogP contribution in [0.2, 0.25) is 0 Å². The van der Waals surface area contributed by atoms with Gasteiger partial charge in [-0.1, -0.05) is 0 Å². The smallest absolute Gasteiger partial charge is 0.326 e. The van der Waals surface area contributed by atoms with Crippen LogP contribution in [-0.4, -0.2) is 46.4 Å². The Hall–Kier alpha value is -0.780. The Morgan fingerprint density at radius 2 is 2.21 bits per heavy atom. The molecule has 0 bridgehead atoms. The minimum absolute atomic E-state index is 0.104. The van der Waals surface area contributed by atoms with Crippen molar-refractivity contribution in [3.05, 3.63) is 0 Å². The number of rotatable bonds is 3. The largest absolute Gasteiger partial charge is 0.480 e. The summed E-state index contributed by atoms with van der Waals surface area (Å²) in [5, 5.41) is 8.74. The topological polar surface area (TPSA) is 57.6 Å². The van der Waals surface area contributed by atoms with Crippen molar-refractivity contribution in [3.8, 4) is 0 Å². The molecule has 80 valence electrons. The van der Waals surface area contributed by atoms with Gasteiger partial charge in [-0.2, -0.15) is 12.6 Å². The number of hydrogen-bond donors (Lipinski definition) is 2. The zero-order valence-corrected chi connectivity index (χ0v) is 8.41. The first-order valence-corrected chi connectivity index (χ1v) is 4.96. The number of nitrogens with zero attached hydrogens (tertiary/aromatic N) is 1. The lowest BCUT2D eigenvalue weighted by Crippen LogP contribution is -2.40. The van der Waals surface area contributed by atoms with Gasteiger partial charge in [0.15, 0.2) is 0 Å². The predicted molar refractivity (Wildman–Crippen MR) is 51.1 cm³/mol. The van der Waals surface area contributed by atoms with E-state index in [1.54, 1.807) is 0 Å². The van der Waals surface area contributed by atoms with E-state index in [9.17, 15) is 14.0 Å². The molecule has 1 aliphatic heterocycles. The summed E-state index contributed by atoms with van der Waals surface area (Å²) in [7, 11) is 0. The third-order valence-electron chi connectivity index (χ3n) is 2.18. The van der Waals surface area contributed by atoms with Gasteiger partial charge in [-0.25, -0.2) is 9.18 Å². The van der Waals surface area contributed by atoms with Crippen molar-refractivity contribution in [1.29, 1.82) is 0 Å². The molecular formula is C8H12FNO3S. The molecule has 0 aromatic rings. The molecular weight excluding hydrogens is 209 g/mol. The van der Waals surface area contributed by atoms with Crippen LogP contribution in [-0.2, 0) is 9.59 Å². The van der Waals surface area contributed by atoms with Crippen LogP contribution in [0.3, 0.4) is 0 Å². The number of likely N-dealkylation sites (tertiary alicyclic amines) is 1. The zero-order valence-electron chi connectivity index (χ0n) is 7.52. The highest BCUT2D eigenvalue weighted by atomic mass is 32.1. The van der Waals surface area contributed by atoms with E-state index in [-0.39, 0.29) is 25.3 Å². The molecule has 6 heteroatoms. The number of carboxylic acid groups (broad SMARTS) is 1. The van der Waals surface area contributed by atoms with Crippen LogP contribution in [0.1, 0.15) is 12.8 Å². The molecule has 14 heavy (non-hydrogen) atoms. The number of hydrogen-bond acceptors (Lipinski definition) is 3. The first kappa shape index (κ1) is 11.3. The molecule has 4 nitrogen and oxygen atoms in total. The minimum atomic E-state index is -1.22. The van der Waals surface area contributed by atoms with Crippen molar-refractivity contribution in [2.75, 3.05) is 12.3 Å². The summed E-state index contributed by atoms with van der Waals surface area (Å²) >= 11 is 3.87. The fourth-order valence-corrected chi connectivity index (χ4v) is 1.72. The number of thiol groups is 1. The van der Waals surface area contributed by atoms with Crippen molar-refractivity contribution in [1.82, 2.24) is 4.90 Å². The van der Waals surface area contributed by atoms with Gasteiger partial charge in [0.2, 0.25) is 5.91 Å². The molecule has 1 saturated heterocycles. The molecule has 1 N–H and O–H groups in total. The molecule has 1 amide bonds. The minimum Gasteiger partial charge on any atom is -0.480 e. The summed E-state index contributed by atoms with van der Waals surface area (Å²) in [6, 6.07) is -1.00. The molecule has 1 heterocycles. The second-order valence-corrected chi connectivity index (χ2v) is 3.65. The first-order valence-electron chi connectivity index (χ1n) is 4.33. The lowest BCUT2D eigenvalue weighted by molar-refractivity contribution is -0.148. The average molecular weight is 221 g/mol. The quantitative estimate of drug-likeness (QED) is 0.675. The summed E-state index contributed by atoms with van der Waals surface area (Å²) in [4.78, 5) is 23.1. The Labute approximate surface area is 86.5 Å². The van der Waals surface area contributed by atoms with Crippen LogP contribution >= 0.6 is 12.6 Å². The lowest BCUT2D eigenvalue weighted by Gasteiger charge is -2.20. The summed E-state index contributed by atoms with van der Waals surface area (Å²) in [6.45, 7) is -0.108. The summed E-state index contributed by atoms with van der Waals surface area (Å²) < 4.78 is 12.9. The van der Waals surface area contributed by atoms with E-state index < -0.39 is 18.2 Å². The summed E-state index contributed by atoms with van der Waals surface area (Å²) in [5.41, 5.74) is 0. The highest BCUT2D eigenvalue weighted by Gasteiger charge is 2.39. The second-order valence-electron chi connectivity index (χ2n) is 3.21. The number of carbonyl (C=O) groups is 2. The highest BCUT2D eigenvalue weighted by Crippen LogP contribution is 2.21. The van der Waals surface area contributed by atoms with Gasteiger partial charge in [0.25, 0.3) is 0 Å². The van der Waals surface area contributed by atoms with E-state index in [2.05, 4.69) is 12.6 Å². The normalized spacial score (nSPS) is 26.6. The van der Waals surface area contributed by atoms with E-state index in [0.717, 1.165) is 4.90 Å². The monoisotopic (exact) mass is 221 g/mol. The van der Waals surface area contributed by atoms with Crippen molar-refractivity contribution < 1.29 is 19.1 Å². The maximum atomic E-state index is 12.9. The van der Waals surface area contributed by atoms with Gasteiger partial charge >= 0.3 is 5.97 Å². The van der Waals surface area contributed by atoms with Crippen LogP contribution in [0.15, 0.2) is 0 Å². The van der Waals surface area contributed by atoms with Crippen LogP contribution < -0.4 is 0 Å². The van der Waals surface area contributed by atoms with Crippen molar-refractivity contribution >= 4 is 24.5 Å². The molecule has 0 aromatic heterocycles. The second kappa shape index (κ2) is 4.63. The Bertz CT molecular complexity index is 249. The molecule has 0 aromatic carbocycles. The van der Waals surface area contributed by atoms with Gasteiger partial charge in [-0.05, 0) is 5.75 Å². The zero-order chi connectivity index (χ0) is 10.7. The standard InChI is InChI=1S/C8H12FNO3S/c9-5-3-6(8(12)13)10(4-5)7(11)1-2-14/h5-6,14H,1-4H2,(H,12,13)/t5-,6-/m0/s1. The Kier molecular flexibility index (Phi) is 3.74. The summed E-state index contributed by atoms with van der Waals surface area (Å²) in [5.74, 6) is -1.14. The molecule has 0 spiro atoms. The molecule has 0 saturated carbocycles. The van der Waals surface area contributed by atoms with Crippen molar-refractivity contribution in [2.45, 2.75) is 25.1 Å². The van der Waals surface area contributed by atoms with Gasteiger partial charge in [-0.15, -0.1) is 0 Å². The van der Waals surface area contributed by atoms with Crippen LogP contribution in [0, 0.1) is 0 Å². The Balaban J connectivity index is 2.66. The third-order valence-corrected chi connectivity index (χ3v) is 2.40. The van der Waals surface area contributed by atoms with E-state index >= 15 is 0 Å². The third kappa shape index (κ3) is 2.37. The molecule has 2 atom stereocenters. The maximum absolute atomic E-state index is 12.9. The van der Waals surface area contributed by atoms with Gasteiger partial charge in [0.05, 0.1) is 6.54 Å². The predicted octanol–water partition coefficient (Wildman–Crippen LogP) is 0.330. The van der Waals surface area contributed by atoms with E-state index in [1.807, 2.05) is 0 Å². The number of carboxylic acids is 1. The molecule has 1 fully saturated rings. The van der Waals surface area contributed by atoms with E-state index in [4.69, 9.17) is 5.11 Å². The van der Waals surface area contributed by atoms with Gasteiger partial charge in [0.1, 0.15) is 12.2 Å². The Morgan fingerprint density at radius 3 is 2.71 bits per heavy atom. The summed E-state index contributed by atoms with van der Waals surface area (Å²) in [6.07, 6.45) is -1.17. The van der Waals surface area contributed by atoms with Gasteiger partial charge in [-0.3, -0.25) is 4.79 Å². The lowest BCUT2D eigenvalue weighted by atomic mass is 10.2. The van der Waals surface area contributed by atoms with Gasteiger partial charge < -0.3 is 10.0 Å². The van der Waals surface area contributed by atoms with E-state index in [1.165, 1.54) is 0 Å². The molecule has 1 aliphatic rings. The molecule has 0 radical (unpaired) electrons. The van der Waals surface area contributed by atoms with E-state index in [0.29, 0.717) is 5.75 Å². The Morgan fingerprint density at radius 1 is 1.57 bits per heavy atom. The number of halogens is 1. The first-order chi connectivity index (χ1) is 6.56. The van der Waals surface area contributed by atoms with Crippen molar-refractivity contribution in [2.24, 2.45) is 0 Å². The number of aliphatic carboxylic acids is 1. The molecule has 1 rings (SSSR count). The number of carbonyl (C=O) groups excluding carboxylic acids is 1. The maximum Gasteiger partial charge on any atom is 0.326 e. The highest BCUT2D eigenvalue weighted by molar-refractivity contribution is 7.80. The van der Waals surface area contributed by atoms with Crippen LogP contribution in [0.25, 0.3) is 0 Å². The van der Waals surface area contributed by atoms with Gasteiger partial charge in [0, 0.05) is 12.8 Å². The fourth-order valence-electron chi connectivity index (χ4n) is 1.53.